The smallest absolute Gasteiger partial charge is 0.203 e. The van der Waals surface area contributed by atoms with Crippen LogP contribution in [0.25, 0.3) is 0 Å². The van der Waals surface area contributed by atoms with Crippen molar-refractivity contribution in [1.82, 2.24) is 20.4 Å². The van der Waals surface area contributed by atoms with Gasteiger partial charge in [0, 0.05) is 0 Å². The van der Waals surface area contributed by atoms with Gasteiger partial charge in [-0.2, -0.15) is 0 Å². The highest BCUT2D eigenvalue weighted by Gasteiger charge is 2.19. The second kappa shape index (κ2) is 9.13. The molecule has 10 nitrogen and oxygen atoms in total. The van der Waals surface area contributed by atoms with Crippen LogP contribution in [0.2, 0.25) is 0 Å². The van der Waals surface area contributed by atoms with Gasteiger partial charge in [-0.1, -0.05) is 46.9 Å². The van der Waals surface area contributed by atoms with Crippen molar-refractivity contribution in [2.24, 2.45) is 0 Å². The fraction of sp³-hybridized carbons (Fsp3) is 0.158. The third kappa shape index (κ3) is 5.71. The number of rotatable bonds is 8. The van der Waals surface area contributed by atoms with Crippen LogP contribution in [0.1, 0.15) is 21.1 Å². The summed E-state index contributed by atoms with van der Waals surface area (Å²) in [5.41, 5.74) is 12.8. The molecule has 0 aliphatic rings. The van der Waals surface area contributed by atoms with Gasteiger partial charge in [-0.15, -0.1) is 20.4 Å². The van der Waals surface area contributed by atoms with Crippen LogP contribution >= 0.6 is 22.7 Å². The largest absolute Gasteiger partial charge is 0.374 e. The molecule has 33 heavy (non-hydrogen) atoms. The maximum atomic E-state index is 12.6. The molecule has 0 aliphatic heterocycles. The van der Waals surface area contributed by atoms with E-state index in [0.29, 0.717) is 16.4 Å². The van der Waals surface area contributed by atoms with Crippen LogP contribution in [0.4, 0.5) is 10.3 Å². The first kappa shape index (κ1) is 23.2. The molecule has 2 aromatic carbocycles. The molecule has 0 fully saturated rings. The van der Waals surface area contributed by atoms with E-state index in [-0.39, 0.29) is 31.6 Å². The van der Waals surface area contributed by atoms with Crippen molar-refractivity contribution in [1.29, 1.82) is 0 Å². The summed E-state index contributed by atoms with van der Waals surface area (Å²) in [6.45, 7) is 0. The molecule has 0 radical (unpaired) electrons. The van der Waals surface area contributed by atoms with Crippen molar-refractivity contribution in [3.8, 4) is 0 Å². The van der Waals surface area contributed by atoms with Crippen LogP contribution in [0.15, 0.2) is 58.3 Å². The molecule has 4 rings (SSSR count). The average molecular weight is 523 g/mol. The lowest BCUT2D eigenvalue weighted by Crippen LogP contribution is -2.05. The Morgan fingerprint density at radius 1 is 0.606 bits per heavy atom. The summed E-state index contributed by atoms with van der Waals surface area (Å²) < 4.78 is 50.3. The van der Waals surface area contributed by atoms with E-state index in [0.717, 1.165) is 33.8 Å². The minimum Gasteiger partial charge on any atom is -0.374 e. The zero-order valence-electron chi connectivity index (χ0n) is 16.9. The Bertz CT molecular complexity index is 1360. The number of nitrogens with zero attached hydrogens (tertiary/aromatic N) is 4. The summed E-state index contributed by atoms with van der Waals surface area (Å²) in [4.78, 5) is 0.359. The third-order valence-corrected chi connectivity index (χ3v) is 9.72. The Labute approximate surface area is 198 Å². The van der Waals surface area contributed by atoms with Gasteiger partial charge >= 0.3 is 0 Å². The Morgan fingerprint density at radius 3 is 1.27 bits per heavy atom. The minimum atomic E-state index is -3.57. The molecular formula is C19H18N6O4S4. The number of nitrogen functional groups attached to an aromatic ring is 2. The van der Waals surface area contributed by atoms with Gasteiger partial charge in [0.2, 0.25) is 10.3 Å². The van der Waals surface area contributed by atoms with Crippen LogP contribution < -0.4 is 11.5 Å². The van der Waals surface area contributed by atoms with Crippen molar-refractivity contribution in [2.45, 2.75) is 27.7 Å². The topological polar surface area (TPSA) is 172 Å². The van der Waals surface area contributed by atoms with Crippen LogP contribution in [0.3, 0.4) is 0 Å². The van der Waals surface area contributed by atoms with E-state index in [4.69, 9.17) is 11.5 Å². The molecule has 0 spiro atoms. The summed E-state index contributed by atoms with van der Waals surface area (Å²) in [6, 6.07) is 13.1. The minimum absolute atomic E-state index is 0.179. The second-order valence-corrected chi connectivity index (χ2v) is 13.2. The predicted octanol–water partition coefficient (Wildman–Crippen LogP) is 2.09. The fourth-order valence-electron chi connectivity index (χ4n) is 3.01. The number of anilines is 2. The zero-order chi connectivity index (χ0) is 23.6. The molecular weight excluding hydrogens is 505 g/mol. The van der Waals surface area contributed by atoms with Crippen LogP contribution in [0.5, 0.6) is 0 Å². The van der Waals surface area contributed by atoms with E-state index in [1.54, 1.807) is 48.5 Å². The standard InChI is InChI=1S/C19H18N6O4S4/c20-18-24-22-16(30-18)10-32(26,27)14-5-1-12(2-6-14)9-13-3-7-15(8-4-13)33(28,29)11-17-23-25-19(21)31-17/h1-8H,9-11H2,(H2,20,24)(H2,21,25). The second-order valence-electron chi connectivity index (χ2n) is 7.05. The molecule has 172 valence electrons. The Balaban J connectivity index is 1.43. The predicted molar refractivity (Wildman–Crippen MR) is 126 cm³/mol. The van der Waals surface area contributed by atoms with Crippen LogP contribution in [-0.2, 0) is 37.6 Å². The number of hydrogen-bond acceptors (Lipinski definition) is 12. The summed E-state index contributed by atoms with van der Waals surface area (Å²) in [6.07, 6.45) is 0.514. The first-order valence-corrected chi connectivity index (χ1v) is 14.3. The SMILES string of the molecule is Nc1nnc(CS(=O)(=O)c2ccc(Cc3ccc(S(=O)(=O)Cc4nnc(N)s4)cc3)cc2)s1. The maximum Gasteiger partial charge on any atom is 0.203 e. The summed E-state index contributed by atoms with van der Waals surface area (Å²) >= 11 is 2.08. The first-order chi connectivity index (χ1) is 15.6. The molecule has 0 unspecified atom stereocenters. The molecule has 4 N–H and O–H groups in total. The Hall–Kier alpha value is -2.94. The summed E-state index contributed by atoms with van der Waals surface area (Å²) in [5.74, 6) is -0.526. The Kier molecular flexibility index (Phi) is 6.43. The quantitative estimate of drug-likeness (QED) is 0.349. The molecule has 2 heterocycles. The molecule has 0 aliphatic carbocycles. The molecule has 2 aromatic heterocycles. The molecule has 0 bridgehead atoms. The molecule has 14 heteroatoms. The van der Waals surface area contributed by atoms with Gasteiger partial charge in [0.15, 0.2) is 19.7 Å². The number of aromatic nitrogens is 4. The molecule has 0 saturated heterocycles. The van der Waals surface area contributed by atoms with Crippen molar-refractivity contribution in [3.63, 3.8) is 0 Å². The lowest BCUT2D eigenvalue weighted by Gasteiger charge is -2.07. The first-order valence-electron chi connectivity index (χ1n) is 9.40. The highest BCUT2D eigenvalue weighted by molar-refractivity contribution is 7.91. The van der Waals surface area contributed by atoms with Gasteiger partial charge in [0.25, 0.3) is 0 Å². The van der Waals surface area contributed by atoms with Gasteiger partial charge in [0.1, 0.15) is 21.5 Å². The zero-order valence-corrected chi connectivity index (χ0v) is 20.2. The summed E-state index contributed by atoms with van der Waals surface area (Å²) in [5, 5.41) is 15.9. The van der Waals surface area contributed by atoms with Crippen LogP contribution in [-0.4, -0.2) is 37.2 Å². The lowest BCUT2D eigenvalue weighted by atomic mass is 10.1. The normalized spacial score (nSPS) is 12.1. The maximum absolute atomic E-state index is 12.6. The summed E-state index contributed by atoms with van der Waals surface area (Å²) in [7, 11) is -7.13. The van der Waals surface area contributed by atoms with Gasteiger partial charge in [-0.3, -0.25) is 0 Å². The lowest BCUT2D eigenvalue weighted by molar-refractivity contribution is 0.593. The van der Waals surface area contributed by atoms with Gasteiger partial charge in [-0.25, -0.2) is 16.8 Å². The van der Waals surface area contributed by atoms with E-state index in [9.17, 15) is 16.8 Å². The fourth-order valence-corrected chi connectivity index (χ4v) is 7.42. The van der Waals surface area contributed by atoms with E-state index >= 15 is 0 Å². The average Bonchev–Trinajstić information content (AvgIpc) is 3.35. The number of hydrogen-bond donors (Lipinski definition) is 2. The van der Waals surface area contributed by atoms with Gasteiger partial charge < -0.3 is 11.5 Å². The third-order valence-electron chi connectivity index (χ3n) is 4.57. The van der Waals surface area contributed by atoms with E-state index in [2.05, 4.69) is 20.4 Å². The van der Waals surface area contributed by atoms with Gasteiger partial charge in [0.05, 0.1) is 9.79 Å². The molecule has 0 atom stereocenters. The molecule has 0 amide bonds. The van der Waals surface area contributed by atoms with Crippen molar-refractivity contribution in [2.75, 3.05) is 11.5 Å². The van der Waals surface area contributed by atoms with E-state index < -0.39 is 19.7 Å². The number of sulfone groups is 2. The van der Waals surface area contributed by atoms with E-state index in [1.807, 2.05) is 0 Å². The van der Waals surface area contributed by atoms with Crippen molar-refractivity contribution < 1.29 is 16.8 Å². The van der Waals surface area contributed by atoms with Crippen molar-refractivity contribution in [3.05, 3.63) is 69.7 Å². The number of nitrogens with two attached hydrogens (primary N) is 2. The van der Waals surface area contributed by atoms with Gasteiger partial charge in [-0.05, 0) is 41.8 Å². The highest BCUT2D eigenvalue weighted by atomic mass is 32.2. The van der Waals surface area contributed by atoms with Crippen molar-refractivity contribution >= 4 is 52.6 Å². The molecule has 4 aromatic rings. The highest BCUT2D eigenvalue weighted by Crippen LogP contribution is 2.23. The molecule has 0 saturated carbocycles. The van der Waals surface area contributed by atoms with E-state index in [1.165, 1.54) is 0 Å². The number of benzene rings is 2. The van der Waals surface area contributed by atoms with Crippen LogP contribution in [0, 0.1) is 0 Å². The monoisotopic (exact) mass is 522 g/mol. The Morgan fingerprint density at radius 2 is 0.970 bits per heavy atom.